The lowest BCUT2D eigenvalue weighted by Crippen LogP contribution is -2.25. The second-order valence-corrected chi connectivity index (χ2v) is 6.02. The Morgan fingerprint density at radius 1 is 1.42 bits per heavy atom. The van der Waals surface area contributed by atoms with Gasteiger partial charge in [0.05, 0.1) is 5.56 Å². The van der Waals surface area contributed by atoms with E-state index in [-0.39, 0.29) is 11.4 Å². The van der Waals surface area contributed by atoms with Crippen LogP contribution in [0.2, 0.25) is 0 Å². The van der Waals surface area contributed by atoms with Crippen LogP contribution in [0, 0.1) is 11.7 Å². The van der Waals surface area contributed by atoms with Crippen LogP contribution in [0.4, 0.5) is 4.39 Å². The summed E-state index contributed by atoms with van der Waals surface area (Å²) in [5, 5.41) is 12.1. The summed E-state index contributed by atoms with van der Waals surface area (Å²) in [4.78, 5) is 10.8. The van der Waals surface area contributed by atoms with E-state index in [0.29, 0.717) is 18.0 Å². The minimum atomic E-state index is -1.02. The van der Waals surface area contributed by atoms with E-state index in [4.69, 9.17) is 5.11 Å². The number of aromatic carboxylic acids is 1. The normalized spacial score (nSPS) is 16.5. The van der Waals surface area contributed by atoms with Gasteiger partial charge in [0.2, 0.25) is 0 Å². The lowest BCUT2D eigenvalue weighted by Gasteiger charge is -2.21. The number of carboxylic acid groups (broad SMARTS) is 1. The van der Waals surface area contributed by atoms with Gasteiger partial charge in [-0.1, -0.05) is 0 Å². The van der Waals surface area contributed by atoms with Gasteiger partial charge < -0.3 is 10.4 Å². The Morgan fingerprint density at radius 2 is 2.16 bits per heavy atom. The van der Waals surface area contributed by atoms with Gasteiger partial charge in [0.15, 0.2) is 0 Å². The van der Waals surface area contributed by atoms with Gasteiger partial charge in [0.1, 0.15) is 5.82 Å². The maximum absolute atomic E-state index is 13.6. The number of rotatable bonds is 5. The molecule has 0 bridgehead atoms. The Bertz CT molecular complexity index is 447. The Hall–Kier alpha value is -1.07. The number of carboxylic acids is 1. The minimum Gasteiger partial charge on any atom is -0.478 e. The summed E-state index contributed by atoms with van der Waals surface area (Å²) in [6.07, 6.45) is 2.41. The summed E-state index contributed by atoms with van der Waals surface area (Å²) in [6.45, 7) is 1.26. The molecule has 1 saturated heterocycles. The topological polar surface area (TPSA) is 49.3 Å². The molecule has 0 amide bonds. The van der Waals surface area contributed by atoms with Crippen molar-refractivity contribution in [3.63, 3.8) is 0 Å². The second-order valence-electron chi connectivity index (χ2n) is 4.80. The first-order chi connectivity index (χ1) is 9.16. The van der Waals surface area contributed by atoms with Gasteiger partial charge in [0.25, 0.3) is 0 Å². The highest BCUT2D eigenvalue weighted by Crippen LogP contribution is 2.22. The molecule has 1 aliphatic rings. The molecule has 1 fully saturated rings. The van der Waals surface area contributed by atoms with Crippen molar-refractivity contribution in [1.82, 2.24) is 5.32 Å². The highest BCUT2D eigenvalue weighted by Gasteiger charge is 2.14. The summed E-state index contributed by atoms with van der Waals surface area (Å²) in [5.41, 5.74) is 0.553. The van der Waals surface area contributed by atoms with Gasteiger partial charge >= 0.3 is 5.97 Å². The monoisotopic (exact) mass is 283 g/mol. The number of nitrogens with one attached hydrogen (secondary N) is 1. The molecule has 2 rings (SSSR count). The average molecular weight is 283 g/mol. The fourth-order valence-electron chi connectivity index (χ4n) is 2.20. The zero-order valence-electron chi connectivity index (χ0n) is 10.7. The van der Waals surface area contributed by atoms with E-state index in [2.05, 4.69) is 5.32 Å². The number of thioether (sulfide) groups is 1. The van der Waals surface area contributed by atoms with Crippen LogP contribution < -0.4 is 5.32 Å². The lowest BCUT2D eigenvalue weighted by atomic mass is 10.0. The zero-order valence-corrected chi connectivity index (χ0v) is 11.5. The van der Waals surface area contributed by atoms with Crippen molar-refractivity contribution < 1.29 is 14.3 Å². The summed E-state index contributed by atoms with van der Waals surface area (Å²) >= 11 is 1.98. The standard InChI is InChI=1S/C14H18FNO2S/c15-13-2-1-11(14(17)18)7-12(13)9-16-8-10-3-5-19-6-4-10/h1-2,7,10,16H,3-6,8-9H2,(H,17,18). The Kier molecular flexibility index (Phi) is 5.22. The van der Waals surface area contributed by atoms with Crippen LogP contribution in [0.25, 0.3) is 0 Å². The molecule has 2 N–H and O–H groups in total. The third-order valence-electron chi connectivity index (χ3n) is 3.38. The Balaban J connectivity index is 1.87. The molecule has 0 atom stereocenters. The van der Waals surface area contributed by atoms with Crippen LogP contribution in [0.5, 0.6) is 0 Å². The molecular weight excluding hydrogens is 265 g/mol. The quantitative estimate of drug-likeness (QED) is 0.872. The van der Waals surface area contributed by atoms with Gasteiger partial charge in [0, 0.05) is 12.1 Å². The van der Waals surface area contributed by atoms with E-state index in [9.17, 15) is 9.18 Å². The van der Waals surface area contributed by atoms with E-state index in [0.717, 1.165) is 6.54 Å². The third kappa shape index (κ3) is 4.21. The molecule has 0 aliphatic carbocycles. The summed E-state index contributed by atoms with van der Waals surface area (Å²) in [6, 6.07) is 3.92. The van der Waals surface area contributed by atoms with E-state index in [1.165, 1.54) is 42.5 Å². The van der Waals surface area contributed by atoms with Gasteiger partial charge in [-0.15, -0.1) is 0 Å². The maximum Gasteiger partial charge on any atom is 0.335 e. The molecule has 0 saturated carbocycles. The molecule has 1 heterocycles. The van der Waals surface area contributed by atoms with Crippen LogP contribution in [0.15, 0.2) is 18.2 Å². The van der Waals surface area contributed by atoms with E-state index in [1.807, 2.05) is 11.8 Å². The SMILES string of the molecule is O=C(O)c1ccc(F)c(CNCC2CCSCC2)c1. The van der Waals surface area contributed by atoms with Crippen molar-refractivity contribution >= 4 is 17.7 Å². The van der Waals surface area contributed by atoms with Crippen LogP contribution in [-0.4, -0.2) is 29.1 Å². The maximum atomic E-state index is 13.6. The number of carbonyl (C=O) groups is 1. The molecular formula is C14H18FNO2S. The van der Waals surface area contributed by atoms with Gasteiger partial charge in [-0.25, -0.2) is 9.18 Å². The van der Waals surface area contributed by atoms with Crippen LogP contribution >= 0.6 is 11.8 Å². The van der Waals surface area contributed by atoms with Crippen LogP contribution in [0.1, 0.15) is 28.8 Å². The van der Waals surface area contributed by atoms with E-state index < -0.39 is 5.97 Å². The van der Waals surface area contributed by atoms with Crippen LogP contribution in [0.3, 0.4) is 0 Å². The van der Waals surface area contributed by atoms with Crippen molar-refractivity contribution in [2.24, 2.45) is 5.92 Å². The molecule has 0 aromatic heterocycles. The molecule has 0 radical (unpaired) electrons. The number of benzene rings is 1. The zero-order chi connectivity index (χ0) is 13.7. The number of hydrogen-bond acceptors (Lipinski definition) is 3. The first-order valence-corrected chi connectivity index (χ1v) is 7.62. The van der Waals surface area contributed by atoms with Crippen molar-refractivity contribution in [3.8, 4) is 0 Å². The fraction of sp³-hybridized carbons (Fsp3) is 0.500. The smallest absolute Gasteiger partial charge is 0.335 e. The van der Waals surface area contributed by atoms with Gasteiger partial charge in [-0.05, 0) is 55.0 Å². The van der Waals surface area contributed by atoms with Crippen molar-refractivity contribution in [2.75, 3.05) is 18.1 Å². The number of halogens is 1. The highest BCUT2D eigenvalue weighted by atomic mass is 32.2. The molecule has 3 nitrogen and oxygen atoms in total. The largest absolute Gasteiger partial charge is 0.478 e. The van der Waals surface area contributed by atoms with Crippen LogP contribution in [-0.2, 0) is 6.54 Å². The summed E-state index contributed by atoms with van der Waals surface area (Å²) in [7, 11) is 0. The van der Waals surface area contributed by atoms with Gasteiger partial charge in [-0.3, -0.25) is 0 Å². The molecule has 1 aromatic rings. The molecule has 1 aromatic carbocycles. The second kappa shape index (κ2) is 6.91. The molecule has 0 unspecified atom stereocenters. The average Bonchev–Trinajstić information content (AvgIpc) is 2.42. The van der Waals surface area contributed by atoms with Crippen molar-refractivity contribution in [1.29, 1.82) is 0 Å². The molecule has 104 valence electrons. The minimum absolute atomic E-state index is 0.132. The van der Waals surface area contributed by atoms with Gasteiger partial charge in [-0.2, -0.15) is 11.8 Å². The lowest BCUT2D eigenvalue weighted by molar-refractivity contribution is 0.0696. The van der Waals surface area contributed by atoms with E-state index >= 15 is 0 Å². The first kappa shape index (κ1) is 14.3. The fourth-order valence-corrected chi connectivity index (χ4v) is 3.41. The predicted molar refractivity (Wildman–Crippen MR) is 75.1 cm³/mol. The molecule has 0 spiro atoms. The molecule has 19 heavy (non-hydrogen) atoms. The predicted octanol–water partition coefficient (Wildman–Crippen LogP) is 2.76. The Morgan fingerprint density at radius 3 is 2.84 bits per heavy atom. The summed E-state index contributed by atoms with van der Waals surface area (Å²) < 4.78 is 13.6. The Labute approximate surface area is 116 Å². The van der Waals surface area contributed by atoms with E-state index in [1.54, 1.807) is 0 Å². The number of hydrogen-bond donors (Lipinski definition) is 2. The van der Waals surface area contributed by atoms with Crippen molar-refractivity contribution in [3.05, 3.63) is 35.1 Å². The van der Waals surface area contributed by atoms with Crippen molar-refractivity contribution in [2.45, 2.75) is 19.4 Å². The summed E-state index contributed by atoms with van der Waals surface area (Å²) in [5.74, 6) is 1.69. The highest BCUT2D eigenvalue weighted by molar-refractivity contribution is 7.99. The third-order valence-corrected chi connectivity index (χ3v) is 4.43. The molecule has 5 heteroatoms. The first-order valence-electron chi connectivity index (χ1n) is 6.47. The molecule has 1 aliphatic heterocycles.